The van der Waals surface area contributed by atoms with Crippen molar-refractivity contribution in [2.24, 2.45) is 0 Å². The molecule has 18 heavy (non-hydrogen) atoms. The van der Waals surface area contributed by atoms with E-state index in [2.05, 4.69) is 10.6 Å². The molecule has 1 saturated heterocycles. The predicted octanol–water partition coefficient (Wildman–Crippen LogP) is 1.05. The first-order valence-electron chi connectivity index (χ1n) is 5.54. The molecule has 1 aliphatic heterocycles. The molecule has 0 spiro atoms. The molecule has 0 aliphatic carbocycles. The van der Waals surface area contributed by atoms with Crippen LogP contribution in [0, 0.1) is 5.82 Å². The Kier molecular flexibility index (Phi) is 3.45. The molecule has 2 N–H and O–H groups in total. The van der Waals surface area contributed by atoms with Crippen LogP contribution in [-0.4, -0.2) is 25.0 Å². The number of benzene rings is 1. The summed E-state index contributed by atoms with van der Waals surface area (Å²) in [5.41, 5.74) is 0.395. The first kappa shape index (κ1) is 12.3. The van der Waals surface area contributed by atoms with E-state index in [4.69, 9.17) is 4.74 Å². The van der Waals surface area contributed by atoms with E-state index in [1.807, 2.05) is 0 Å². The SMILES string of the molecule is COc1ccc(F)cc1NC1CCC(=O)NC1=O. The van der Waals surface area contributed by atoms with Gasteiger partial charge in [0.2, 0.25) is 11.8 Å². The highest BCUT2D eigenvalue weighted by atomic mass is 19.1. The number of methoxy groups -OCH3 is 1. The zero-order valence-corrected chi connectivity index (χ0v) is 9.83. The summed E-state index contributed by atoms with van der Waals surface area (Å²) in [5.74, 6) is -0.673. The van der Waals surface area contributed by atoms with Crippen molar-refractivity contribution in [2.75, 3.05) is 12.4 Å². The molecule has 1 unspecified atom stereocenters. The molecule has 1 aliphatic rings. The zero-order chi connectivity index (χ0) is 13.1. The lowest BCUT2D eigenvalue weighted by molar-refractivity contribution is -0.133. The van der Waals surface area contributed by atoms with Crippen molar-refractivity contribution in [2.45, 2.75) is 18.9 Å². The van der Waals surface area contributed by atoms with Crippen LogP contribution in [0.2, 0.25) is 0 Å². The fourth-order valence-electron chi connectivity index (χ4n) is 1.81. The van der Waals surface area contributed by atoms with Crippen LogP contribution in [0.1, 0.15) is 12.8 Å². The van der Waals surface area contributed by atoms with Gasteiger partial charge in [0.05, 0.1) is 12.8 Å². The van der Waals surface area contributed by atoms with Crippen molar-refractivity contribution >= 4 is 17.5 Å². The summed E-state index contributed by atoms with van der Waals surface area (Å²) in [4.78, 5) is 22.6. The summed E-state index contributed by atoms with van der Waals surface area (Å²) in [6, 6.07) is 3.44. The summed E-state index contributed by atoms with van der Waals surface area (Å²) < 4.78 is 18.2. The van der Waals surface area contributed by atoms with Gasteiger partial charge in [-0.15, -0.1) is 0 Å². The van der Waals surface area contributed by atoms with Crippen molar-refractivity contribution in [1.82, 2.24) is 5.32 Å². The van der Waals surface area contributed by atoms with Crippen molar-refractivity contribution < 1.29 is 18.7 Å². The summed E-state index contributed by atoms with van der Waals surface area (Å²) >= 11 is 0. The number of imide groups is 1. The molecular weight excluding hydrogens is 239 g/mol. The molecule has 96 valence electrons. The number of hydrogen-bond donors (Lipinski definition) is 2. The first-order chi connectivity index (χ1) is 8.60. The fourth-order valence-corrected chi connectivity index (χ4v) is 1.81. The Labute approximate surface area is 103 Å². The van der Waals surface area contributed by atoms with Gasteiger partial charge in [0.1, 0.15) is 17.6 Å². The van der Waals surface area contributed by atoms with Gasteiger partial charge in [-0.05, 0) is 18.6 Å². The molecule has 2 rings (SSSR count). The highest BCUT2D eigenvalue weighted by Crippen LogP contribution is 2.26. The molecule has 0 bridgehead atoms. The molecule has 1 fully saturated rings. The number of hydrogen-bond acceptors (Lipinski definition) is 4. The largest absolute Gasteiger partial charge is 0.495 e. The lowest BCUT2D eigenvalue weighted by atomic mass is 10.1. The van der Waals surface area contributed by atoms with Crippen molar-refractivity contribution in [3.63, 3.8) is 0 Å². The number of anilines is 1. The maximum atomic E-state index is 13.1. The van der Waals surface area contributed by atoms with Crippen LogP contribution in [-0.2, 0) is 9.59 Å². The summed E-state index contributed by atoms with van der Waals surface area (Å²) in [6.45, 7) is 0. The molecule has 6 heteroatoms. The van der Waals surface area contributed by atoms with E-state index in [-0.39, 0.29) is 12.3 Å². The second-order valence-corrected chi connectivity index (χ2v) is 3.99. The number of piperidine rings is 1. The van der Waals surface area contributed by atoms with Gasteiger partial charge in [-0.1, -0.05) is 0 Å². The molecular formula is C12H13FN2O3. The number of ether oxygens (including phenoxy) is 1. The van der Waals surface area contributed by atoms with Gasteiger partial charge in [-0.2, -0.15) is 0 Å². The second-order valence-electron chi connectivity index (χ2n) is 3.99. The lowest BCUT2D eigenvalue weighted by Crippen LogP contribution is -2.47. The molecule has 1 aromatic carbocycles. The fraction of sp³-hybridized carbons (Fsp3) is 0.333. The maximum Gasteiger partial charge on any atom is 0.249 e. The highest BCUT2D eigenvalue weighted by molar-refractivity contribution is 6.01. The summed E-state index contributed by atoms with van der Waals surface area (Å²) in [7, 11) is 1.46. The van der Waals surface area contributed by atoms with E-state index >= 15 is 0 Å². The zero-order valence-electron chi connectivity index (χ0n) is 9.83. The Balaban J connectivity index is 2.16. The van der Waals surface area contributed by atoms with E-state index in [1.54, 1.807) is 0 Å². The van der Waals surface area contributed by atoms with Crippen LogP contribution in [0.15, 0.2) is 18.2 Å². The number of carbonyl (C=O) groups excluding carboxylic acids is 2. The Morgan fingerprint density at radius 2 is 2.22 bits per heavy atom. The third-order valence-corrected chi connectivity index (χ3v) is 2.73. The highest BCUT2D eigenvalue weighted by Gasteiger charge is 2.27. The Morgan fingerprint density at radius 1 is 1.44 bits per heavy atom. The Bertz CT molecular complexity index is 490. The van der Waals surface area contributed by atoms with Crippen LogP contribution in [0.25, 0.3) is 0 Å². The standard InChI is InChI=1S/C12H13FN2O3/c1-18-10-4-2-7(13)6-9(10)14-8-3-5-11(16)15-12(8)17/h2,4,6,8,14H,3,5H2,1H3,(H,15,16,17). The minimum Gasteiger partial charge on any atom is -0.495 e. The topological polar surface area (TPSA) is 67.4 Å². The van der Waals surface area contributed by atoms with Crippen LogP contribution >= 0.6 is 0 Å². The minimum absolute atomic E-state index is 0.265. The molecule has 1 aromatic rings. The number of amides is 2. The van der Waals surface area contributed by atoms with Gasteiger partial charge in [0.15, 0.2) is 0 Å². The van der Waals surface area contributed by atoms with Gasteiger partial charge in [-0.3, -0.25) is 14.9 Å². The number of nitrogens with one attached hydrogen (secondary N) is 2. The third kappa shape index (κ3) is 2.58. The summed E-state index contributed by atoms with van der Waals surface area (Å²) in [6.07, 6.45) is 0.644. The molecule has 5 nitrogen and oxygen atoms in total. The Morgan fingerprint density at radius 3 is 2.89 bits per heavy atom. The molecule has 2 amide bonds. The average Bonchev–Trinajstić information content (AvgIpc) is 2.33. The predicted molar refractivity (Wildman–Crippen MR) is 62.7 cm³/mol. The molecule has 0 saturated carbocycles. The number of halogens is 1. The van der Waals surface area contributed by atoms with E-state index in [9.17, 15) is 14.0 Å². The van der Waals surface area contributed by atoms with Gasteiger partial charge < -0.3 is 10.1 Å². The normalized spacial score (nSPS) is 19.3. The van der Waals surface area contributed by atoms with Crippen LogP contribution in [0.5, 0.6) is 5.75 Å². The van der Waals surface area contributed by atoms with Gasteiger partial charge in [0, 0.05) is 12.5 Å². The van der Waals surface area contributed by atoms with Crippen molar-refractivity contribution in [3.8, 4) is 5.75 Å². The third-order valence-electron chi connectivity index (χ3n) is 2.73. The van der Waals surface area contributed by atoms with E-state index in [1.165, 1.54) is 25.3 Å². The van der Waals surface area contributed by atoms with Crippen LogP contribution < -0.4 is 15.4 Å². The van der Waals surface area contributed by atoms with E-state index in [0.29, 0.717) is 17.9 Å². The quantitative estimate of drug-likeness (QED) is 0.789. The minimum atomic E-state index is -0.557. The van der Waals surface area contributed by atoms with Gasteiger partial charge in [-0.25, -0.2) is 4.39 Å². The van der Waals surface area contributed by atoms with Crippen LogP contribution in [0.4, 0.5) is 10.1 Å². The van der Waals surface area contributed by atoms with Crippen molar-refractivity contribution in [3.05, 3.63) is 24.0 Å². The molecule has 0 radical (unpaired) electrons. The van der Waals surface area contributed by atoms with E-state index in [0.717, 1.165) is 0 Å². The maximum absolute atomic E-state index is 13.1. The van der Waals surface area contributed by atoms with Crippen molar-refractivity contribution in [1.29, 1.82) is 0 Å². The first-order valence-corrected chi connectivity index (χ1v) is 5.54. The van der Waals surface area contributed by atoms with Gasteiger partial charge in [0.25, 0.3) is 0 Å². The smallest absolute Gasteiger partial charge is 0.249 e. The second kappa shape index (κ2) is 5.03. The van der Waals surface area contributed by atoms with Crippen LogP contribution in [0.3, 0.4) is 0 Å². The number of rotatable bonds is 3. The number of carbonyl (C=O) groups is 2. The van der Waals surface area contributed by atoms with E-state index < -0.39 is 17.8 Å². The monoisotopic (exact) mass is 252 g/mol. The Hall–Kier alpha value is -2.11. The molecule has 1 heterocycles. The van der Waals surface area contributed by atoms with Gasteiger partial charge >= 0.3 is 0 Å². The molecule has 1 atom stereocenters. The summed E-state index contributed by atoms with van der Waals surface area (Å²) in [5, 5.41) is 5.11. The lowest BCUT2D eigenvalue weighted by Gasteiger charge is -2.23. The average molecular weight is 252 g/mol. The molecule has 0 aromatic heterocycles.